The van der Waals surface area contributed by atoms with Gasteiger partial charge >= 0.3 is 0 Å². The van der Waals surface area contributed by atoms with E-state index in [0.29, 0.717) is 5.92 Å². The van der Waals surface area contributed by atoms with E-state index in [1.807, 2.05) is 19.1 Å². The molecule has 0 amide bonds. The third-order valence-corrected chi connectivity index (χ3v) is 7.47. The summed E-state index contributed by atoms with van der Waals surface area (Å²) in [6.45, 7) is 14.5. The second kappa shape index (κ2) is 8.16. The second-order valence-electron chi connectivity index (χ2n) is 9.79. The molecule has 2 aliphatic heterocycles. The van der Waals surface area contributed by atoms with Crippen molar-refractivity contribution >= 4 is 33.4 Å². The summed E-state index contributed by atoms with van der Waals surface area (Å²) in [6, 6.07) is 15.2. The van der Waals surface area contributed by atoms with Gasteiger partial charge in [-0.2, -0.15) is 0 Å². The van der Waals surface area contributed by atoms with Gasteiger partial charge in [0.05, 0.1) is 11.8 Å². The summed E-state index contributed by atoms with van der Waals surface area (Å²) < 4.78 is 6.49. The standard InChI is InChI=1S/C31H29N3O/c1-6-26-23-10-8-7-9-22(23)24-13-11-21-12-14-25-30-20(5)33-18(3)16-28(30)35-31(25)29(21)19(4)32-17(2)15-27(24)34-26/h6-10,12,14,16,24,27H,1-2,11,13,15H2,3-5H3/b32-19-. The van der Waals surface area contributed by atoms with Crippen LogP contribution >= 0.6 is 0 Å². The minimum Gasteiger partial charge on any atom is -0.455 e. The van der Waals surface area contributed by atoms with Crippen molar-refractivity contribution in [3.8, 4) is 0 Å². The van der Waals surface area contributed by atoms with E-state index in [9.17, 15) is 0 Å². The van der Waals surface area contributed by atoms with Crippen LogP contribution in [-0.2, 0) is 6.42 Å². The third kappa shape index (κ3) is 3.47. The quantitative estimate of drug-likeness (QED) is 0.298. The number of aryl methyl sites for hydroxylation is 3. The van der Waals surface area contributed by atoms with E-state index in [-0.39, 0.29) is 6.04 Å². The van der Waals surface area contributed by atoms with Crippen LogP contribution in [0.3, 0.4) is 0 Å². The fraction of sp³-hybridized carbons (Fsp3) is 0.258. The molecule has 0 aliphatic carbocycles. The lowest BCUT2D eigenvalue weighted by Crippen LogP contribution is -2.27. The number of hydrogen-bond acceptors (Lipinski definition) is 4. The van der Waals surface area contributed by atoms with Crippen molar-refractivity contribution in [3.05, 3.63) is 101 Å². The summed E-state index contributed by atoms with van der Waals surface area (Å²) >= 11 is 0. The number of aromatic nitrogens is 1. The Morgan fingerprint density at radius 3 is 2.74 bits per heavy atom. The average molecular weight is 460 g/mol. The molecule has 4 heterocycles. The zero-order chi connectivity index (χ0) is 24.3. The molecule has 6 rings (SSSR count). The van der Waals surface area contributed by atoms with Crippen LogP contribution in [0.2, 0.25) is 0 Å². The van der Waals surface area contributed by atoms with Crippen molar-refractivity contribution < 1.29 is 4.42 Å². The van der Waals surface area contributed by atoms with E-state index < -0.39 is 0 Å². The first-order valence-corrected chi connectivity index (χ1v) is 12.3. The van der Waals surface area contributed by atoms with Gasteiger partial charge in [-0.15, -0.1) is 0 Å². The number of furan rings is 1. The Balaban J connectivity index is 1.54. The molecule has 0 fully saturated rings. The van der Waals surface area contributed by atoms with Gasteiger partial charge in [-0.25, -0.2) is 0 Å². The molecule has 2 aromatic heterocycles. The summed E-state index contributed by atoms with van der Waals surface area (Å²) in [6.07, 6.45) is 4.51. The van der Waals surface area contributed by atoms with Crippen molar-refractivity contribution in [2.75, 3.05) is 0 Å². The molecule has 0 saturated carbocycles. The van der Waals surface area contributed by atoms with E-state index in [1.54, 1.807) is 0 Å². The Bertz CT molecular complexity index is 1600. The number of aliphatic imine (C=N–C) groups is 2. The van der Waals surface area contributed by atoms with Crippen molar-refractivity contribution in [2.45, 2.75) is 52.0 Å². The molecule has 2 aromatic carbocycles. The normalized spacial score (nSPS) is 21.5. The molecule has 0 radical (unpaired) electrons. The molecule has 2 unspecified atom stereocenters. The Hall–Kier alpha value is -3.79. The van der Waals surface area contributed by atoms with Gasteiger partial charge in [0.25, 0.3) is 0 Å². The molecule has 35 heavy (non-hydrogen) atoms. The van der Waals surface area contributed by atoms with Gasteiger partial charge in [0.2, 0.25) is 0 Å². The third-order valence-electron chi connectivity index (χ3n) is 7.47. The highest BCUT2D eigenvalue weighted by molar-refractivity contribution is 6.16. The van der Waals surface area contributed by atoms with Crippen LogP contribution in [0, 0.1) is 13.8 Å². The zero-order valence-corrected chi connectivity index (χ0v) is 20.6. The SMILES string of the molecule is C=CC1=NC2CC(=C)/N=C(/C)c3c(ccc4c3oc3cc(C)nc(C)c34)CCC2c2ccccc21. The highest BCUT2D eigenvalue weighted by Gasteiger charge is 2.31. The van der Waals surface area contributed by atoms with Crippen LogP contribution in [0.4, 0.5) is 0 Å². The summed E-state index contributed by atoms with van der Waals surface area (Å²) in [5.41, 5.74) is 11.4. The van der Waals surface area contributed by atoms with Gasteiger partial charge in [0.1, 0.15) is 11.2 Å². The van der Waals surface area contributed by atoms with E-state index in [2.05, 4.69) is 68.4 Å². The van der Waals surface area contributed by atoms with Crippen LogP contribution in [0.5, 0.6) is 0 Å². The first-order chi connectivity index (χ1) is 16.9. The fourth-order valence-corrected chi connectivity index (χ4v) is 6.03. The zero-order valence-electron chi connectivity index (χ0n) is 20.6. The van der Waals surface area contributed by atoms with Crippen LogP contribution in [0.1, 0.15) is 59.3 Å². The van der Waals surface area contributed by atoms with E-state index in [0.717, 1.165) is 75.3 Å². The number of fused-ring (bicyclic) bond motifs is 8. The molecule has 4 aromatic rings. The Morgan fingerprint density at radius 2 is 1.91 bits per heavy atom. The summed E-state index contributed by atoms with van der Waals surface area (Å²) in [5, 5.41) is 2.19. The summed E-state index contributed by atoms with van der Waals surface area (Å²) in [7, 11) is 0. The fourth-order valence-electron chi connectivity index (χ4n) is 6.03. The molecule has 4 nitrogen and oxygen atoms in total. The predicted molar refractivity (Wildman–Crippen MR) is 145 cm³/mol. The molecular formula is C31H29N3O. The minimum absolute atomic E-state index is 0.107. The van der Waals surface area contributed by atoms with E-state index >= 15 is 0 Å². The number of rotatable bonds is 1. The molecule has 174 valence electrons. The number of allylic oxidation sites excluding steroid dienone is 1. The maximum Gasteiger partial charge on any atom is 0.144 e. The molecule has 2 atom stereocenters. The van der Waals surface area contributed by atoms with Crippen LogP contribution in [0.15, 0.2) is 81.8 Å². The minimum atomic E-state index is 0.107. The van der Waals surface area contributed by atoms with Crippen molar-refractivity contribution in [2.24, 2.45) is 9.98 Å². The number of nitrogens with zero attached hydrogens (tertiary/aromatic N) is 3. The molecule has 4 heteroatoms. The monoisotopic (exact) mass is 459 g/mol. The molecule has 0 bridgehead atoms. The molecule has 2 aliphatic rings. The molecule has 0 saturated heterocycles. The van der Waals surface area contributed by atoms with Crippen LogP contribution in [-0.4, -0.2) is 22.4 Å². The Kier molecular flexibility index (Phi) is 5.06. The van der Waals surface area contributed by atoms with Crippen LogP contribution in [0.25, 0.3) is 21.9 Å². The lowest BCUT2D eigenvalue weighted by molar-refractivity contribution is 0.490. The van der Waals surface area contributed by atoms with Crippen molar-refractivity contribution in [1.82, 2.24) is 4.98 Å². The number of hydrogen-bond donors (Lipinski definition) is 0. The first-order valence-electron chi connectivity index (χ1n) is 12.3. The molecule has 0 spiro atoms. The largest absolute Gasteiger partial charge is 0.455 e. The lowest BCUT2D eigenvalue weighted by atomic mass is 9.78. The van der Waals surface area contributed by atoms with Gasteiger partial charge < -0.3 is 4.42 Å². The van der Waals surface area contributed by atoms with E-state index in [4.69, 9.17) is 14.4 Å². The maximum atomic E-state index is 6.49. The topological polar surface area (TPSA) is 50.8 Å². The first kappa shape index (κ1) is 21.7. The Labute approximate surface area is 205 Å². The van der Waals surface area contributed by atoms with Crippen molar-refractivity contribution in [1.29, 1.82) is 0 Å². The Morgan fingerprint density at radius 1 is 1.09 bits per heavy atom. The highest BCUT2D eigenvalue weighted by Crippen LogP contribution is 2.40. The summed E-state index contributed by atoms with van der Waals surface area (Å²) in [5.74, 6) is 0.300. The van der Waals surface area contributed by atoms with Crippen molar-refractivity contribution in [3.63, 3.8) is 0 Å². The second-order valence-corrected chi connectivity index (χ2v) is 9.79. The van der Waals surface area contributed by atoms with Gasteiger partial charge in [-0.1, -0.05) is 49.6 Å². The molecular weight excluding hydrogens is 430 g/mol. The maximum absolute atomic E-state index is 6.49. The van der Waals surface area contributed by atoms with Gasteiger partial charge in [-0.3, -0.25) is 15.0 Å². The molecule has 0 N–H and O–H groups in total. The highest BCUT2D eigenvalue weighted by atomic mass is 16.3. The van der Waals surface area contributed by atoms with Crippen LogP contribution < -0.4 is 0 Å². The lowest BCUT2D eigenvalue weighted by Gasteiger charge is -2.32. The van der Waals surface area contributed by atoms with Gasteiger partial charge in [-0.05, 0) is 50.8 Å². The predicted octanol–water partition coefficient (Wildman–Crippen LogP) is 7.40. The summed E-state index contributed by atoms with van der Waals surface area (Å²) in [4.78, 5) is 14.8. The average Bonchev–Trinajstić information content (AvgIpc) is 3.20. The smallest absolute Gasteiger partial charge is 0.144 e. The van der Waals surface area contributed by atoms with Gasteiger partial charge in [0.15, 0.2) is 0 Å². The van der Waals surface area contributed by atoms with Gasteiger partial charge in [0, 0.05) is 63.1 Å². The van der Waals surface area contributed by atoms with E-state index in [1.165, 1.54) is 16.7 Å². The number of benzene rings is 2. The number of pyridine rings is 1.